The average molecular weight is 275 g/mol. The van der Waals surface area contributed by atoms with Crippen molar-refractivity contribution in [2.24, 2.45) is 4.99 Å². The number of nitrogens with zero attached hydrogens (tertiary/aromatic N) is 1. The molecule has 0 fully saturated rings. The van der Waals surface area contributed by atoms with Gasteiger partial charge in [-0.05, 0) is 48.6 Å². The largest absolute Gasteiger partial charge is 0.309 e. The van der Waals surface area contributed by atoms with Crippen LogP contribution in [0.25, 0.3) is 0 Å². The highest BCUT2D eigenvalue weighted by atomic mass is 33.1. The van der Waals surface area contributed by atoms with Crippen molar-refractivity contribution in [3.63, 3.8) is 0 Å². The Balaban J connectivity index is 2.41. The van der Waals surface area contributed by atoms with Crippen LogP contribution in [-0.4, -0.2) is 11.0 Å². The van der Waals surface area contributed by atoms with Gasteiger partial charge in [0.25, 0.3) is 0 Å². The van der Waals surface area contributed by atoms with Crippen LogP contribution in [-0.2, 0) is 33.7 Å². The second-order valence-electron chi connectivity index (χ2n) is 2.84. The lowest BCUT2D eigenvalue weighted by Gasteiger charge is -2.05. The minimum Gasteiger partial charge on any atom is -0.309 e. The highest BCUT2D eigenvalue weighted by molar-refractivity contribution is 8.69. The summed E-state index contributed by atoms with van der Waals surface area (Å²) in [5, 5.41) is 0. The number of aliphatic imine (C=N–C) groups is 1. The second kappa shape index (κ2) is 4.47. The second-order valence-corrected chi connectivity index (χ2v) is 9.35. The smallest absolute Gasteiger partial charge is 0.170 e. The molecule has 1 aromatic carbocycles. The SMILES string of the molecule is CCOSC1=Nc2ccccc2S1(=S)=S. The van der Waals surface area contributed by atoms with Gasteiger partial charge < -0.3 is 4.18 Å². The number of benzene rings is 1. The summed E-state index contributed by atoms with van der Waals surface area (Å²) in [5.74, 6) is 0. The number of fused-ring (bicyclic) bond motifs is 1. The Morgan fingerprint density at radius 3 is 2.80 bits per heavy atom. The summed E-state index contributed by atoms with van der Waals surface area (Å²) in [7, 11) is -1.76. The molecule has 0 aromatic heterocycles. The molecule has 80 valence electrons. The summed E-state index contributed by atoms with van der Waals surface area (Å²) < 4.78 is 6.02. The van der Waals surface area contributed by atoms with Gasteiger partial charge in [-0.2, -0.15) is 0 Å². The minimum atomic E-state index is -1.76. The van der Waals surface area contributed by atoms with Crippen LogP contribution in [0.4, 0.5) is 5.69 Å². The van der Waals surface area contributed by atoms with E-state index >= 15 is 0 Å². The number of para-hydroxylation sites is 1. The van der Waals surface area contributed by atoms with Crippen molar-refractivity contribution in [1.29, 1.82) is 0 Å². The molecule has 0 radical (unpaired) electrons. The number of rotatable bonds is 2. The van der Waals surface area contributed by atoms with Gasteiger partial charge in [-0.1, -0.05) is 12.1 Å². The fraction of sp³-hybridized carbons (Fsp3) is 0.222. The van der Waals surface area contributed by atoms with Crippen LogP contribution in [0.2, 0.25) is 0 Å². The molecular weight excluding hydrogens is 266 g/mol. The highest BCUT2D eigenvalue weighted by Gasteiger charge is 2.25. The van der Waals surface area contributed by atoms with Crippen molar-refractivity contribution in [3.05, 3.63) is 24.3 Å². The van der Waals surface area contributed by atoms with E-state index in [4.69, 9.17) is 26.6 Å². The van der Waals surface area contributed by atoms with Crippen LogP contribution in [0.5, 0.6) is 0 Å². The van der Waals surface area contributed by atoms with Crippen molar-refractivity contribution < 1.29 is 4.18 Å². The van der Waals surface area contributed by atoms with Gasteiger partial charge in [0.2, 0.25) is 0 Å². The molecule has 0 bridgehead atoms. The lowest BCUT2D eigenvalue weighted by molar-refractivity contribution is 0.407. The Kier molecular flexibility index (Phi) is 3.42. The van der Waals surface area contributed by atoms with E-state index in [-0.39, 0.29) is 0 Å². The molecule has 1 heterocycles. The molecule has 0 atom stereocenters. The Bertz CT molecular complexity index is 507. The lowest BCUT2D eigenvalue weighted by Crippen LogP contribution is -2.04. The zero-order chi connectivity index (χ0) is 10.9. The maximum absolute atomic E-state index is 5.46. The van der Waals surface area contributed by atoms with Gasteiger partial charge in [0, 0.05) is 4.90 Å². The third-order valence-electron chi connectivity index (χ3n) is 1.84. The van der Waals surface area contributed by atoms with E-state index in [1.54, 1.807) is 0 Å². The first-order valence-electron chi connectivity index (χ1n) is 4.38. The third-order valence-corrected chi connectivity index (χ3v) is 7.52. The molecular formula is C9H9NOS4. The molecule has 1 aliphatic rings. The maximum atomic E-state index is 5.46. The van der Waals surface area contributed by atoms with Gasteiger partial charge in [0.05, 0.1) is 24.3 Å². The molecule has 0 aliphatic carbocycles. The van der Waals surface area contributed by atoms with E-state index in [2.05, 4.69) is 4.99 Å². The molecule has 0 unspecified atom stereocenters. The molecule has 0 amide bonds. The van der Waals surface area contributed by atoms with Crippen LogP contribution in [0, 0.1) is 0 Å². The number of hydrogen-bond acceptors (Lipinski definition) is 5. The molecule has 1 aliphatic heterocycles. The maximum Gasteiger partial charge on any atom is 0.170 e. The predicted octanol–water partition coefficient (Wildman–Crippen LogP) is 2.81. The summed E-state index contributed by atoms with van der Waals surface area (Å²) in [4.78, 5) is 5.42. The van der Waals surface area contributed by atoms with E-state index in [9.17, 15) is 0 Å². The summed E-state index contributed by atoms with van der Waals surface area (Å²) in [6.07, 6.45) is 0. The van der Waals surface area contributed by atoms with Gasteiger partial charge >= 0.3 is 0 Å². The summed E-state index contributed by atoms with van der Waals surface area (Å²) in [6, 6.07) is 7.79. The molecule has 15 heavy (non-hydrogen) atoms. The van der Waals surface area contributed by atoms with Gasteiger partial charge in [-0.15, -0.1) is 0 Å². The van der Waals surface area contributed by atoms with Crippen LogP contribution >= 0.6 is 12.0 Å². The van der Waals surface area contributed by atoms with Gasteiger partial charge in [-0.25, -0.2) is 4.99 Å². The Morgan fingerprint density at radius 1 is 1.40 bits per heavy atom. The van der Waals surface area contributed by atoms with E-state index in [1.807, 2.05) is 31.2 Å². The van der Waals surface area contributed by atoms with Crippen molar-refractivity contribution in [1.82, 2.24) is 0 Å². The summed E-state index contributed by atoms with van der Waals surface area (Å²) in [5.41, 5.74) is 0.903. The zero-order valence-corrected chi connectivity index (χ0v) is 11.3. The van der Waals surface area contributed by atoms with E-state index in [0.717, 1.165) is 15.0 Å². The van der Waals surface area contributed by atoms with Crippen molar-refractivity contribution in [2.45, 2.75) is 11.8 Å². The van der Waals surface area contributed by atoms with Crippen molar-refractivity contribution in [3.8, 4) is 0 Å². The topological polar surface area (TPSA) is 21.6 Å². The molecule has 6 heteroatoms. The predicted molar refractivity (Wildman–Crippen MR) is 73.1 cm³/mol. The fourth-order valence-corrected chi connectivity index (χ4v) is 4.95. The molecule has 2 rings (SSSR count). The van der Waals surface area contributed by atoms with E-state index < -0.39 is 7.15 Å². The minimum absolute atomic E-state index is 0.625. The molecule has 0 saturated carbocycles. The van der Waals surface area contributed by atoms with Gasteiger partial charge in [0.1, 0.15) is 0 Å². The quantitative estimate of drug-likeness (QED) is 0.611. The molecule has 0 N–H and O–H groups in total. The molecule has 1 aromatic rings. The third kappa shape index (κ3) is 2.09. The highest BCUT2D eigenvalue weighted by Crippen LogP contribution is 2.36. The Morgan fingerprint density at radius 2 is 2.13 bits per heavy atom. The zero-order valence-electron chi connectivity index (χ0n) is 8.00. The molecule has 2 nitrogen and oxygen atoms in total. The lowest BCUT2D eigenvalue weighted by atomic mass is 10.3. The van der Waals surface area contributed by atoms with Gasteiger partial charge in [0.15, 0.2) is 4.38 Å². The first kappa shape index (κ1) is 11.5. The fourth-order valence-electron chi connectivity index (χ4n) is 1.20. The molecule has 0 saturated heterocycles. The van der Waals surface area contributed by atoms with Crippen LogP contribution in [0.1, 0.15) is 6.92 Å². The van der Waals surface area contributed by atoms with Crippen molar-refractivity contribution >= 4 is 51.6 Å². The normalized spacial score (nSPS) is 17.3. The summed E-state index contributed by atoms with van der Waals surface area (Å²) in [6.45, 7) is 2.56. The molecule has 0 spiro atoms. The average Bonchev–Trinajstić information content (AvgIpc) is 2.48. The first-order valence-corrected chi connectivity index (χ1v) is 8.61. The Hall–Kier alpha value is -0.0100. The van der Waals surface area contributed by atoms with Gasteiger partial charge in [-0.3, -0.25) is 0 Å². The summed E-state index contributed by atoms with van der Waals surface area (Å²) >= 11 is 12.2. The first-order chi connectivity index (χ1) is 7.16. The van der Waals surface area contributed by atoms with Crippen LogP contribution in [0.15, 0.2) is 34.2 Å². The van der Waals surface area contributed by atoms with Crippen molar-refractivity contribution in [2.75, 3.05) is 6.61 Å². The van der Waals surface area contributed by atoms with Crippen LogP contribution in [0.3, 0.4) is 0 Å². The monoisotopic (exact) mass is 275 g/mol. The standard InChI is InChI=1S/C9H9NOS4/c1-2-11-14-9-10-7-5-3-4-6-8(7)15(9,12)13/h3-6H,2H2,1H3. The Labute approximate surface area is 103 Å². The van der Waals surface area contributed by atoms with E-state index in [0.29, 0.717) is 6.61 Å². The van der Waals surface area contributed by atoms with Crippen LogP contribution < -0.4 is 0 Å². The van der Waals surface area contributed by atoms with E-state index in [1.165, 1.54) is 12.0 Å². The number of hydrogen-bond donors (Lipinski definition) is 0.